The standard InChI is InChI=1S/C19H14FN3/c1-12-4-2-3-5-15(12)16-10-18(23-19(22)17(16)11-21)13-6-8-14(20)9-7-13/h2-10H,1H3,(H2,22,23). The maximum absolute atomic E-state index is 13.1. The molecule has 0 amide bonds. The van der Waals surface area contributed by atoms with Crippen molar-refractivity contribution in [2.75, 3.05) is 5.73 Å². The van der Waals surface area contributed by atoms with Crippen LogP contribution in [0.25, 0.3) is 22.4 Å². The highest BCUT2D eigenvalue weighted by molar-refractivity contribution is 5.81. The van der Waals surface area contributed by atoms with Crippen molar-refractivity contribution in [2.24, 2.45) is 0 Å². The van der Waals surface area contributed by atoms with E-state index >= 15 is 0 Å². The molecule has 0 radical (unpaired) electrons. The Morgan fingerprint density at radius 3 is 2.39 bits per heavy atom. The van der Waals surface area contributed by atoms with Crippen LogP contribution in [0, 0.1) is 24.1 Å². The summed E-state index contributed by atoms with van der Waals surface area (Å²) in [7, 11) is 0. The smallest absolute Gasteiger partial charge is 0.142 e. The summed E-state index contributed by atoms with van der Waals surface area (Å²) >= 11 is 0. The fourth-order valence-corrected chi connectivity index (χ4v) is 2.54. The Labute approximate surface area is 133 Å². The molecule has 2 N–H and O–H groups in total. The molecule has 0 saturated heterocycles. The number of nitrogens with zero attached hydrogens (tertiary/aromatic N) is 2. The van der Waals surface area contributed by atoms with Gasteiger partial charge in [0.1, 0.15) is 23.3 Å². The number of rotatable bonds is 2. The number of nitriles is 1. The van der Waals surface area contributed by atoms with Crippen LogP contribution in [-0.4, -0.2) is 4.98 Å². The monoisotopic (exact) mass is 303 g/mol. The molecule has 3 nitrogen and oxygen atoms in total. The van der Waals surface area contributed by atoms with Gasteiger partial charge in [0.2, 0.25) is 0 Å². The van der Waals surface area contributed by atoms with Gasteiger partial charge in [0, 0.05) is 11.1 Å². The summed E-state index contributed by atoms with van der Waals surface area (Å²) in [6.07, 6.45) is 0. The summed E-state index contributed by atoms with van der Waals surface area (Å²) in [5, 5.41) is 9.43. The molecule has 1 aromatic heterocycles. The van der Waals surface area contributed by atoms with Gasteiger partial charge < -0.3 is 5.73 Å². The number of aromatic nitrogens is 1. The van der Waals surface area contributed by atoms with E-state index in [4.69, 9.17) is 5.73 Å². The summed E-state index contributed by atoms with van der Waals surface area (Å²) in [6.45, 7) is 1.98. The van der Waals surface area contributed by atoms with Gasteiger partial charge in [-0.1, -0.05) is 24.3 Å². The molecule has 0 atom stereocenters. The maximum atomic E-state index is 13.1. The Bertz CT molecular complexity index is 909. The van der Waals surface area contributed by atoms with Crippen molar-refractivity contribution < 1.29 is 4.39 Å². The minimum atomic E-state index is -0.311. The van der Waals surface area contributed by atoms with Crippen LogP contribution in [0.15, 0.2) is 54.6 Å². The van der Waals surface area contributed by atoms with E-state index in [1.54, 1.807) is 12.1 Å². The van der Waals surface area contributed by atoms with Crippen molar-refractivity contribution in [3.8, 4) is 28.5 Å². The lowest BCUT2D eigenvalue weighted by Gasteiger charge is -2.12. The molecule has 0 aliphatic carbocycles. The second kappa shape index (κ2) is 5.90. The largest absolute Gasteiger partial charge is 0.383 e. The lowest BCUT2D eigenvalue weighted by atomic mass is 9.95. The third kappa shape index (κ3) is 2.77. The molecule has 112 valence electrons. The number of nitrogen functional groups attached to an aromatic ring is 1. The molecule has 0 spiro atoms. The predicted octanol–water partition coefficient (Wildman–Crippen LogP) is 4.32. The first-order valence-electron chi connectivity index (χ1n) is 7.12. The molecule has 0 unspecified atom stereocenters. The van der Waals surface area contributed by atoms with Gasteiger partial charge in [0.25, 0.3) is 0 Å². The first-order valence-corrected chi connectivity index (χ1v) is 7.12. The zero-order valence-corrected chi connectivity index (χ0v) is 12.5. The van der Waals surface area contributed by atoms with Crippen molar-refractivity contribution in [3.63, 3.8) is 0 Å². The van der Waals surface area contributed by atoms with Crippen molar-refractivity contribution in [1.82, 2.24) is 4.98 Å². The molecule has 4 heteroatoms. The van der Waals surface area contributed by atoms with E-state index < -0.39 is 0 Å². The summed E-state index contributed by atoms with van der Waals surface area (Å²) in [4.78, 5) is 4.29. The van der Waals surface area contributed by atoms with Crippen molar-refractivity contribution in [2.45, 2.75) is 6.92 Å². The van der Waals surface area contributed by atoms with E-state index in [0.717, 1.165) is 22.3 Å². The topological polar surface area (TPSA) is 62.7 Å². The fourth-order valence-electron chi connectivity index (χ4n) is 2.54. The van der Waals surface area contributed by atoms with E-state index in [1.165, 1.54) is 12.1 Å². The number of anilines is 1. The number of halogens is 1. The van der Waals surface area contributed by atoms with Gasteiger partial charge in [-0.3, -0.25) is 0 Å². The second-order valence-corrected chi connectivity index (χ2v) is 5.25. The molecule has 2 aromatic carbocycles. The Kier molecular flexibility index (Phi) is 3.78. The Balaban J connectivity index is 2.25. The zero-order valence-electron chi connectivity index (χ0n) is 12.5. The summed E-state index contributed by atoms with van der Waals surface area (Å²) < 4.78 is 13.1. The molecule has 0 aliphatic rings. The molecule has 23 heavy (non-hydrogen) atoms. The molecule has 0 fully saturated rings. The number of hydrogen-bond donors (Lipinski definition) is 1. The van der Waals surface area contributed by atoms with E-state index in [2.05, 4.69) is 11.1 Å². The number of hydrogen-bond acceptors (Lipinski definition) is 3. The fraction of sp³-hybridized carbons (Fsp3) is 0.0526. The third-order valence-corrected chi connectivity index (χ3v) is 3.73. The van der Waals surface area contributed by atoms with Crippen LogP contribution in [0.1, 0.15) is 11.1 Å². The van der Waals surface area contributed by atoms with E-state index in [1.807, 2.05) is 37.3 Å². The molecule has 0 saturated carbocycles. The van der Waals surface area contributed by atoms with Crippen molar-refractivity contribution in [3.05, 3.63) is 71.5 Å². The summed E-state index contributed by atoms with van der Waals surface area (Å²) in [5.74, 6) is -0.137. The van der Waals surface area contributed by atoms with Gasteiger partial charge in [0.15, 0.2) is 0 Å². The summed E-state index contributed by atoms with van der Waals surface area (Å²) in [5.41, 5.74) is 10.4. The highest BCUT2D eigenvalue weighted by Crippen LogP contribution is 2.32. The van der Waals surface area contributed by atoms with Crippen molar-refractivity contribution >= 4 is 5.82 Å². The predicted molar refractivity (Wildman–Crippen MR) is 88.9 cm³/mol. The molecule has 0 bridgehead atoms. The highest BCUT2D eigenvalue weighted by Gasteiger charge is 2.14. The van der Waals surface area contributed by atoms with E-state index in [9.17, 15) is 9.65 Å². The number of pyridine rings is 1. The van der Waals surface area contributed by atoms with Gasteiger partial charge in [-0.05, 0) is 48.4 Å². The van der Waals surface area contributed by atoms with E-state index in [-0.39, 0.29) is 11.6 Å². The molecular formula is C19H14FN3. The second-order valence-electron chi connectivity index (χ2n) is 5.25. The van der Waals surface area contributed by atoms with Crippen LogP contribution >= 0.6 is 0 Å². The minimum Gasteiger partial charge on any atom is -0.383 e. The average Bonchev–Trinajstić information content (AvgIpc) is 2.55. The first kappa shape index (κ1) is 14.7. The van der Waals surface area contributed by atoms with Crippen LogP contribution in [0.2, 0.25) is 0 Å². The van der Waals surface area contributed by atoms with Crippen LogP contribution in [0.3, 0.4) is 0 Å². The maximum Gasteiger partial charge on any atom is 0.142 e. The Morgan fingerprint density at radius 1 is 1.04 bits per heavy atom. The van der Waals surface area contributed by atoms with Crippen LogP contribution in [-0.2, 0) is 0 Å². The zero-order chi connectivity index (χ0) is 16.4. The van der Waals surface area contributed by atoms with Gasteiger partial charge in [-0.2, -0.15) is 5.26 Å². The quantitative estimate of drug-likeness (QED) is 0.767. The normalized spacial score (nSPS) is 10.3. The highest BCUT2D eigenvalue weighted by atomic mass is 19.1. The lowest BCUT2D eigenvalue weighted by Crippen LogP contribution is -2.00. The van der Waals surface area contributed by atoms with Gasteiger partial charge in [-0.25, -0.2) is 9.37 Å². The van der Waals surface area contributed by atoms with Gasteiger partial charge in [0.05, 0.1) is 5.69 Å². The molecule has 0 aliphatic heterocycles. The summed E-state index contributed by atoms with van der Waals surface area (Å²) in [6, 6.07) is 17.8. The van der Waals surface area contributed by atoms with Crippen molar-refractivity contribution in [1.29, 1.82) is 5.26 Å². The molecular weight excluding hydrogens is 289 g/mol. The third-order valence-electron chi connectivity index (χ3n) is 3.73. The van der Waals surface area contributed by atoms with E-state index in [0.29, 0.717) is 11.3 Å². The van der Waals surface area contributed by atoms with Crippen LogP contribution < -0.4 is 5.73 Å². The number of aryl methyl sites for hydroxylation is 1. The first-order chi connectivity index (χ1) is 11.1. The van der Waals surface area contributed by atoms with Gasteiger partial charge in [-0.15, -0.1) is 0 Å². The molecule has 3 rings (SSSR count). The number of nitrogens with two attached hydrogens (primary N) is 1. The molecule has 3 aromatic rings. The van der Waals surface area contributed by atoms with Crippen LogP contribution in [0.5, 0.6) is 0 Å². The SMILES string of the molecule is Cc1ccccc1-c1cc(-c2ccc(F)cc2)nc(N)c1C#N. The Morgan fingerprint density at radius 2 is 1.74 bits per heavy atom. The number of benzene rings is 2. The Hall–Kier alpha value is -3.19. The van der Waals surface area contributed by atoms with Gasteiger partial charge >= 0.3 is 0 Å². The average molecular weight is 303 g/mol. The molecule has 1 heterocycles. The minimum absolute atomic E-state index is 0.174. The van der Waals surface area contributed by atoms with Crippen LogP contribution in [0.4, 0.5) is 10.2 Å². The lowest BCUT2D eigenvalue weighted by molar-refractivity contribution is 0.628.